The molecule has 0 unspecified atom stereocenters. The third-order valence-electron chi connectivity index (χ3n) is 3.78. The molecule has 3 rings (SSSR count). The highest BCUT2D eigenvalue weighted by Crippen LogP contribution is 2.29. The van der Waals surface area contributed by atoms with Crippen LogP contribution in [0.15, 0.2) is 42.5 Å². The normalized spacial score (nSPS) is 16.8. The molecule has 1 atom stereocenters. The highest BCUT2D eigenvalue weighted by Gasteiger charge is 2.31. The van der Waals surface area contributed by atoms with Crippen LogP contribution in [0.1, 0.15) is 6.42 Å². The summed E-state index contributed by atoms with van der Waals surface area (Å²) in [7, 11) is 0. The molecule has 0 radical (unpaired) electrons. The monoisotopic (exact) mass is 381 g/mol. The van der Waals surface area contributed by atoms with Crippen molar-refractivity contribution in [1.29, 1.82) is 0 Å². The Balaban J connectivity index is 1.63. The highest BCUT2D eigenvalue weighted by molar-refractivity contribution is 6.43. The molecular weight excluding hydrogens is 368 g/mol. The number of nitrogens with zero attached hydrogens (tertiary/aromatic N) is 1. The molecular formula is C17H14Cl2FN3O2. The molecule has 8 heteroatoms. The van der Waals surface area contributed by atoms with Gasteiger partial charge in [-0.25, -0.2) is 9.18 Å². The molecule has 0 saturated carbocycles. The largest absolute Gasteiger partial charge is 0.333 e. The average Bonchev–Trinajstić information content (AvgIpc) is 2.92. The fraction of sp³-hybridized carbons (Fsp3) is 0.176. The van der Waals surface area contributed by atoms with E-state index in [-0.39, 0.29) is 23.9 Å². The molecule has 2 N–H and O–H groups in total. The van der Waals surface area contributed by atoms with E-state index in [0.29, 0.717) is 16.4 Å². The van der Waals surface area contributed by atoms with Crippen LogP contribution < -0.4 is 15.5 Å². The SMILES string of the molecule is O=C(Nc1cccc(Cl)c1Cl)N[C@@H]1CC(=O)N(c2cccc(F)c2)C1. The van der Waals surface area contributed by atoms with Gasteiger partial charge in [-0.15, -0.1) is 0 Å². The van der Waals surface area contributed by atoms with Gasteiger partial charge >= 0.3 is 6.03 Å². The van der Waals surface area contributed by atoms with Gasteiger partial charge in [0.1, 0.15) is 5.82 Å². The van der Waals surface area contributed by atoms with Gasteiger partial charge in [-0.2, -0.15) is 0 Å². The summed E-state index contributed by atoms with van der Waals surface area (Å²) in [5, 5.41) is 5.88. The van der Waals surface area contributed by atoms with E-state index in [1.165, 1.54) is 23.1 Å². The van der Waals surface area contributed by atoms with Crippen molar-refractivity contribution < 1.29 is 14.0 Å². The molecule has 0 spiro atoms. The van der Waals surface area contributed by atoms with Gasteiger partial charge in [0.25, 0.3) is 0 Å². The van der Waals surface area contributed by atoms with Crippen LogP contribution >= 0.6 is 23.2 Å². The molecule has 0 aromatic heterocycles. The average molecular weight is 382 g/mol. The van der Waals surface area contributed by atoms with Crippen LogP contribution in [0.5, 0.6) is 0 Å². The quantitative estimate of drug-likeness (QED) is 0.841. The number of carbonyl (C=O) groups is 2. The zero-order chi connectivity index (χ0) is 18.0. The molecule has 5 nitrogen and oxygen atoms in total. The predicted molar refractivity (Wildman–Crippen MR) is 95.8 cm³/mol. The number of hydrogen-bond acceptors (Lipinski definition) is 2. The number of nitrogens with one attached hydrogen (secondary N) is 2. The second-order valence-electron chi connectivity index (χ2n) is 5.59. The van der Waals surface area contributed by atoms with Crippen LogP contribution in [0.25, 0.3) is 0 Å². The number of urea groups is 1. The van der Waals surface area contributed by atoms with Crippen molar-refractivity contribution in [1.82, 2.24) is 5.32 Å². The molecule has 130 valence electrons. The minimum absolute atomic E-state index is 0.132. The smallest absolute Gasteiger partial charge is 0.319 e. The molecule has 1 aliphatic heterocycles. The van der Waals surface area contributed by atoms with E-state index in [4.69, 9.17) is 23.2 Å². The zero-order valence-electron chi connectivity index (χ0n) is 12.9. The van der Waals surface area contributed by atoms with E-state index in [0.717, 1.165) is 0 Å². The van der Waals surface area contributed by atoms with Crippen LogP contribution in [0.3, 0.4) is 0 Å². The molecule has 2 aromatic carbocycles. The molecule has 1 fully saturated rings. The summed E-state index contributed by atoms with van der Waals surface area (Å²) in [6, 6.07) is 9.77. The topological polar surface area (TPSA) is 61.4 Å². The van der Waals surface area contributed by atoms with Gasteiger partial charge in [-0.05, 0) is 30.3 Å². The van der Waals surface area contributed by atoms with Gasteiger partial charge in [0.15, 0.2) is 0 Å². The van der Waals surface area contributed by atoms with Crippen molar-refractivity contribution >= 4 is 46.5 Å². The molecule has 3 amide bonds. The Bertz CT molecular complexity index is 831. The number of amides is 3. The number of rotatable bonds is 3. The first-order valence-corrected chi connectivity index (χ1v) is 8.27. The number of anilines is 2. The van der Waals surface area contributed by atoms with E-state index < -0.39 is 17.9 Å². The summed E-state index contributed by atoms with van der Waals surface area (Å²) in [6.45, 7) is 0.263. The number of benzene rings is 2. The maximum atomic E-state index is 13.3. The predicted octanol–water partition coefficient (Wildman–Crippen LogP) is 4.06. The Labute approximate surface area is 153 Å². The Morgan fingerprint density at radius 3 is 2.72 bits per heavy atom. The second kappa shape index (κ2) is 7.29. The lowest BCUT2D eigenvalue weighted by Gasteiger charge is -2.17. The van der Waals surface area contributed by atoms with Gasteiger partial charge < -0.3 is 15.5 Å². The first kappa shape index (κ1) is 17.5. The maximum Gasteiger partial charge on any atom is 0.319 e. The lowest BCUT2D eigenvalue weighted by Crippen LogP contribution is -2.39. The molecule has 0 bridgehead atoms. The summed E-state index contributed by atoms with van der Waals surface area (Å²) in [5.41, 5.74) is 0.838. The molecule has 1 saturated heterocycles. The minimum Gasteiger partial charge on any atom is -0.333 e. The minimum atomic E-state index is -0.497. The first-order chi connectivity index (χ1) is 11.9. The van der Waals surface area contributed by atoms with E-state index in [1.807, 2.05) is 0 Å². The number of carbonyl (C=O) groups excluding carboxylic acids is 2. The van der Waals surface area contributed by atoms with Gasteiger partial charge in [-0.1, -0.05) is 35.3 Å². The van der Waals surface area contributed by atoms with E-state index >= 15 is 0 Å². The summed E-state index contributed by atoms with van der Waals surface area (Å²) < 4.78 is 13.3. The summed E-state index contributed by atoms with van der Waals surface area (Å²) in [5.74, 6) is -0.605. The number of hydrogen-bond donors (Lipinski definition) is 2. The third kappa shape index (κ3) is 4.03. The Hall–Kier alpha value is -2.31. The molecule has 1 aliphatic rings. The van der Waals surface area contributed by atoms with Gasteiger partial charge in [0.05, 0.1) is 21.8 Å². The summed E-state index contributed by atoms with van der Waals surface area (Å²) in [4.78, 5) is 25.7. The molecule has 0 aliphatic carbocycles. The standard InChI is InChI=1S/C17H14Cl2FN3O2/c18-13-5-2-6-14(16(13)19)22-17(25)21-11-8-15(24)23(9-11)12-4-1-3-10(20)7-12/h1-7,11H,8-9H2,(H2,21,22,25)/t11-/m1/s1. The zero-order valence-corrected chi connectivity index (χ0v) is 14.4. The van der Waals surface area contributed by atoms with E-state index in [1.54, 1.807) is 24.3 Å². The van der Waals surface area contributed by atoms with Gasteiger partial charge in [-0.3, -0.25) is 4.79 Å². The van der Waals surface area contributed by atoms with Gasteiger partial charge in [0, 0.05) is 18.7 Å². The molecule has 1 heterocycles. The fourth-order valence-electron chi connectivity index (χ4n) is 2.64. The third-order valence-corrected chi connectivity index (χ3v) is 4.60. The summed E-state index contributed by atoms with van der Waals surface area (Å²) in [6.07, 6.45) is 0.132. The Kier molecular flexibility index (Phi) is 5.11. The van der Waals surface area contributed by atoms with Crippen LogP contribution in [0.4, 0.5) is 20.6 Å². The van der Waals surface area contributed by atoms with Crippen molar-refractivity contribution in [3.63, 3.8) is 0 Å². The Morgan fingerprint density at radius 1 is 1.20 bits per heavy atom. The number of halogens is 3. The van der Waals surface area contributed by atoms with E-state index in [2.05, 4.69) is 10.6 Å². The van der Waals surface area contributed by atoms with Crippen molar-refractivity contribution in [2.75, 3.05) is 16.8 Å². The highest BCUT2D eigenvalue weighted by atomic mass is 35.5. The first-order valence-electron chi connectivity index (χ1n) is 7.51. The second-order valence-corrected chi connectivity index (χ2v) is 6.37. The van der Waals surface area contributed by atoms with Crippen molar-refractivity contribution in [3.8, 4) is 0 Å². The Morgan fingerprint density at radius 2 is 1.96 bits per heavy atom. The lowest BCUT2D eigenvalue weighted by atomic mass is 10.2. The van der Waals surface area contributed by atoms with Crippen LogP contribution in [-0.4, -0.2) is 24.5 Å². The summed E-state index contributed by atoms with van der Waals surface area (Å²) >= 11 is 11.9. The molecule has 25 heavy (non-hydrogen) atoms. The van der Waals surface area contributed by atoms with Crippen molar-refractivity contribution in [3.05, 3.63) is 58.3 Å². The van der Waals surface area contributed by atoms with Gasteiger partial charge in [0.2, 0.25) is 5.91 Å². The molecule has 2 aromatic rings. The lowest BCUT2D eigenvalue weighted by molar-refractivity contribution is -0.117. The van der Waals surface area contributed by atoms with E-state index in [9.17, 15) is 14.0 Å². The fourth-order valence-corrected chi connectivity index (χ4v) is 2.99. The van der Waals surface area contributed by atoms with Crippen LogP contribution in [0.2, 0.25) is 10.0 Å². The van der Waals surface area contributed by atoms with Crippen molar-refractivity contribution in [2.45, 2.75) is 12.5 Å². The van der Waals surface area contributed by atoms with Crippen LogP contribution in [0, 0.1) is 5.82 Å². The van der Waals surface area contributed by atoms with Crippen LogP contribution in [-0.2, 0) is 4.79 Å². The van der Waals surface area contributed by atoms with Crippen molar-refractivity contribution in [2.24, 2.45) is 0 Å². The maximum absolute atomic E-state index is 13.3.